The molecule has 1 radical (unpaired) electrons. The minimum atomic E-state index is -0.176. The summed E-state index contributed by atoms with van der Waals surface area (Å²) in [5.41, 5.74) is 1.24. The van der Waals surface area contributed by atoms with Gasteiger partial charge in [0.1, 0.15) is 0 Å². The summed E-state index contributed by atoms with van der Waals surface area (Å²) in [6, 6.07) is 0. The molecule has 0 N–H and O–H groups in total. The molecule has 0 bridgehead atoms. The maximum atomic E-state index is 9.82. The zero-order valence-corrected chi connectivity index (χ0v) is 5.69. The third-order valence-corrected chi connectivity index (χ3v) is 0.964. The predicted octanol–water partition coefficient (Wildman–Crippen LogP) is 1.98. The Morgan fingerprint density at radius 1 is 1.71 bits per heavy atom. The molecule has 1 nitrogen and oxygen atoms in total. The molecule has 0 saturated heterocycles. The first kappa shape index (κ1) is 6.84. The van der Waals surface area contributed by atoms with Crippen LogP contribution in [0.2, 0.25) is 0 Å². The standard InChI is InChI=1S/C5H10OP/c1-5(2)3-4-7-6/h3,7H,4H2,1-2H3. The molecule has 0 heterocycles. The van der Waals surface area contributed by atoms with Gasteiger partial charge in [-0.2, -0.15) is 0 Å². The van der Waals surface area contributed by atoms with E-state index in [1.807, 2.05) is 19.9 Å². The molecule has 0 rings (SSSR count). The molecule has 0 fully saturated rings. The first-order valence-electron chi connectivity index (χ1n) is 2.25. The molecule has 0 aromatic carbocycles. The van der Waals surface area contributed by atoms with E-state index in [9.17, 15) is 4.57 Å². The van der Waals surface area contributed by atoms with E-state index in [1.165, 1.54) is 5.57 Å². The third-order valence-electron chi connectivity index (χ3n) is 0.594. The highest BCUT2D eigenvalue weighted by Crippen LogP contribution is 1.95. The van der Waals surface area contributed by atoms with E-state index in [1.54, 1.807) is 0 Å². The lowest BCUT2D eigenvalue weighted by atomic mass is 10.3. The van der Waals surface area contributed by atoms with Crippen molar-refractivity contribution >= 4 is 8.46 Å². The lowest BCUT2D eigenvalue weighted by molar-refractivity contribution is 0.600. The summed E-state index contributed by atoms with van der Waals surface area (Å²) in [6.07, 6.45) is 2.67. The quantitative estimate of drug-likeness (QED) is 0.399. The second-order valence-electron chi connectivity index (χ2n) is 1.63. The predicted molar refractivity (Wildman–Crippen MR) is 33.3 cm³/mol. The normalized spacial score (nSPS) is 8.86. The second kappa shape index (κ2) is 4.01. The number of rotatable bonds is 2. The van der Waals surface area contributed by atoms with E-state index in [0.717, 1.165) is 0 Å². The Labute approximate surface area is 45.6 Å². The molecule has 2 heteroatoms. The van der Waals surface area contributed by atoms with Crippen LogP contribution in [-0.4, -0.2) is 6.16 Å². The molecule has 0 aliphatic heterocycles. The minimum Gasteiger partial charge on any atom is -0.290 e. The Morgan fingerprint density at radius 3 is 2.43 bits per heavy atom. The van der Waals surface area contributed by atoms with Gasteiger partial charge < -0.3 is 0 Å². The number of hydrogen-bond donors (Lipinski definition) is 0. The number of hydrogen-bond acceptors (Lipinski definition) is 1. The second-order valence-corrected chi connectivity index (χ2v) is 2.33. The SMILES string of the molecule is CC(C)=CC[PH]=O. The van der Waals surface area contributed by atoms with E-state index >= 15 is 0 Å². The maximum absolute atomic E-state index is 9.82. The van der Waals surface area contributed by atoms with Crippen LogP contribution in [0.25, 0.3) is 0 Å². The first-order valence-corrected chi connectivity index (χ1v) is 3.37. The molecule has 1 atom stereocenters. The van der Waals surface area contributed by atoms with Crippen molar-refractivity contribution < 1.29 is 4.57 Å². The van der Waals surface area contributed by atoms with Crippen LogP contribution in [-0.2, 0) is 4.57 Å². The minimum absolute atomic E-state index is 0.176. The third kappa shape index (κ3) is 5.84. The average Bonchev–Trinajstić information content (AvgIpc) is 1.61. The summed E-state index contributed by atoms with van der Waals surface area (Å²) in [7, 11) is -0.176. The van der Waals surface area contributed by atoms with E-state index < -0.39 is 0 Å². The molecular formula is C5H10OP. The summed E-state index contributed by atoms with van der Waals surface area (Å²) < 4.78 is 9.82. The molecule has 41 valence electrons. The molecular weight excluding hydrogens is 107 g/mol. The van der Waals surface area contributed by atoms with Crippen molar-refractivity contribution in [1.82, 2.24) is 0 Å². The van der Waals surface area contributed by atoms with Crippen LogP contribution < -0.4 is 0 Å². The average molecular weight is 117 g/mol. The molecule has 0 amide bonds. The van der Waals surface area contributed by atoms with Gasteiger partial charge in [-0.1, -0.05) is 11.6 Å². The summed E-state index contributed by atoms with van der Waals surface area (Å²) in [4.78, 5) is 0. The molecule has 0 saturated carbocycles. The highest BCUT2D eigenvalue weighted by atomic mass is 31.1. The van der Waals surface area contributed by atoms with Gasteiger partial charge in [0.2, 0.25) is 0 Å². The molecule has 0 aliphatic carbocycles. The Bertz CT molecular complexity index is 82.1. The van der Waals surface area contributed by atoms with Crippen LogP contribution in [0.3, 0.4) is 0 Å². The Kier molecular flexibility index (Phi) is 3.92. The van der Waals surface area contributed by atoms with Crippen LogP contribution >= 0.6 is 8.46 Å². The Morgan fingerprint density at radius 2 is 2.29 bits per heavy atom. The zero-order chi connectivity index (χ0) is 5.70. The van der Waals surface area contributed by atoms with Crippen LogP contribution in [0.1, 0.15) is 13.8 Å². The van der Waals surface area contributed by atoms with Gasteiger partial charge in [0, 0.05) is 6.16 Å². The van der Waals surface area contributed by atoms with Crippen LogP contribution in [0.5, 0.6) is 0 Å². The molecule has 0 aromatic heterocycles. The lowest BCUT2D eigenvalue weighted by Gasteiger charge is -1.80. The smallest absolute Gasteiger partial charge is 0.0619 e. The lowest BCUT2D eigenvalue weighted by Crippen LogP contribution is -1.63. The van der Waals surface area contributed by atoms with Crippen LogP contribution in [0, 0.1) is 0 Å². The first-order chi connectivity index (χ1) is 3.27. The van der Waals surface area contributed by atoms with E-state index in [2.05, 4.69) is 0 Å². The Balaban J connectivity index is 3.25. The topological polar surface area (TPSA) is 17.1 Å². The molecule has 0 aromatic rings. The molecule has 0 aliphatic rings. The Hall–Kier alpha value is -0.160. The monoisotopic (exact) mass is 117 g/mol. The van der Waals surface area contributed by atoms with Crippen molar-refractivity contribution in [2.45, 2.75) is 13.8 Å². The van der Waals surface area contributed by atoms with Crippen LogP contribution in [0.15, 0.2) is 11.6 Å². The fraction of sp³-hybridized carbons (Fsp3) is 0.600. The van der Waals surface area contributed by atoms with Crippen LogP contribution in [0.4, 0.5) is 0 Å². The fourth-order valence-corrected chi connectivity index (χ4v) is 0.737. The van der Waals surface area contributed by atoms with Gasteiger partial charge >= 0.3 is 0 Å². The van der Waals surface area contributed by atoms with Crippen molar-refractivity contribution in [3.63, 3.8) is 0 Å². The van der Waals surface area contributed by atoms with Gasteiger partial charge in [-0.3, -0.25) is 4.57 Å². The molecule has 7 heavy (non-hydrogen) atoms. The summed E-state index contributed by atoms with van der Waals surface area (Å²) >= 11 is 0. The van der Waals surface area contributed by atoms with Gasteiger partial charge in [0.05, 0.1) is 8.46 Å². The summed E-state index contributed by atoms with van der Waals surface area (Å²) in [5.74, 6) is 0. The van der Waals surface area contributed by atoms with Crippen molar-refractivity contribution in [2.24, 2.45) is 0 Å². The van der Waals surface area contributed by atoms with Gasteiger partial charge in [0.15, 0.2) is 0 Å². The zero-order valence-electron chi connectivity index (χ0n) is 4.69. The fourth-order valence-electron chi connectivity index (χ4n) is 0.246. The van der Waals surface area contributed by atoms with E-state index in [0.29, 0.717) is 6.16 Å². The van der Waals surface area contributed by atoms with Crippen molar-refractivity contribution in [3.8, 4) is 0 Å². The van der Waals surface area contributed by atoms with Gasteiger partial charge in [-0.05, 0) is 13.8 Å². The molecule has 1 unspecified atom stereocenters. The van der Waals surface area contributed by atoms with Crippen molar-refractivity contribution in [2.75, 3.05) is 6.16 Å². The van der Waals surface area contributed by atoms with Gasteiger partial charge in [-0.15, -0.1) is 0 Å². The number of allylic oxidation sites excluding steroid dienone is 2. The summed E-state index contributed by atoms with van der Waals surface area (Å²) in [5, 5.41) is 0. The molecule has 0 spiro atoms. The van der Waals surface area contributed by atoms with Gasteiger partial charge in [-0.25, -0.2) is 0 Å². The highest BCUT2D eigenvalue weighted by molar-refractivity contribution is 7.23. The van der Waals surface area contributed by atoms with E-state index in [-0.39, 0.29) is 8.46 Å². The maximum Gasteiger partial charge on any atom is 0.0619 e. The van der Waals surface area contributed by atoms with Crippen molar-refractivity contribution in [3.05, 3.63) is 11.6 Å². The van der Waals surface area contributed by atoms with Crippen molar-refractivity contribution in [1.29, 1.82) is 0 Å². The summed E-state index contributed by atoms with van der Waals surface area (Å²) in [6.45, 7) is 4.00. The van der Waals surface area contributed by atoms with E-state index in [4.69, 9.17) is 0 Å². The largest absolute Gasteiger partial charge is 0.290 e. The highest BCUT2D eigenvalue weighted by Gasteiger charge is 1.72. The van der Waals surface area contributed by atoms with Gasteiger partial charge in [0.25, 0.3) is 0 Å².